The molecule has 2 amide bonds. The average Bonchev–Trinajstić information content (AvgIpc) is 2.49. The molecule has 1 atom stereocenters. The van der Waals surface area contributed by atoms with Gasteiger partial charge in [0.2, 0.25) is 0 Å². The van der Waals surface area contributed by atoms with Crippen LogP contribution in [0.15, 0.2) is 18.2 Å². The number of halogens is 1. The van der Waals surface area contributed by atoms with Gasteiger partial charge in [0.15, 0.2) is 0 Å². The third kappa shape index (κ3) is 3.83. The number of benzene rings is 1. The molecule has 114 valence electrons. The van der Waals surface area contributed by atoms with Gasteiger partial charge in [-0.3, -0.25) is 10.1 Å². The van der Waals surface area contributed by atoms with Crippen LogP contribution in [0.3, 0.4) is 0 Å². The number of carbonyl (C=O) groups is 1. The van der Waals surface area contributed by atoms with E-state index in [1.807, 2.05) is 6.92 Å². The summed E-state index contributed by atoms with van der Waals surface area (Å²) in [6.45, 7) is 3.50. The van der Waals surface area contributed by atoms with E-state index < -0.39 is 4.92 Å². The Kier molecular flexibility index (Phi) is 4.98. The highest BCUT2D eigenvalue weighted by molar-refractivity contribution is 6.32. The van der Waals surface area contributed by atoms with Gasteiger partial charge in [0, 0.05) is 24.8 Å². The Labute approximate surface area is 127 Å². The molecule has 1 N–H and O–H groups in total. The van der Waals surface area contributed by atoms with Gasteiger partial charge in [-0.1, -0.05) is 18.5 Å². The number of nitrogens with zero attached hydrogens (tertiary/aromatic N) is 2. The normalized spacial score (nSPS) is 18.4. The highest BCUT2D eigenvalue weighted by atomic mass is 35.5. The Hall–Kier alpha value is -1.86. The number of anilines is 1. The zero-order valence-corrected chi connectivity index (χ0v) is 12.3. The SMILES string of the molecule is CC[C@H]1CN(C(=O)Nc2ccc(Cl)c([N+](=O)[O-])c2)CCO1. The zero-order valence-electron chi connectivity index (χ0n) is 11.5. The lowest BCUT2D eigenvalue weighted by Crippen LogP contribution is -2.47. The maximum Gasteiger partial charge on any atom is 0.322 e. The Balaban J connectivity index is 2.05. The fourth-order valence-electron chi connectivity index (χ4n) is 2.08. The number of nitro benzene ring substituents is 1. The number of carbonyl (C=O) groups excluding carboxylic acids is 1. The molecule has 1 saturated heterocycles. The average molecular weight is 314 g/mol. The van der Waals surface area contributed by atoms with Crippen LogP contribution in [0.1, 0.15) is 13.3 Å². The molecule has 1 aliphatic heterocycles. The molecule has 1 aliphatic rings. The van der Waals surface area contributed by atoms with Crippen molar-refractivity contribution >= 4 is 29.0 Å². The van der Waals surface area contributed by atoms with E-state index in [-0.39, 0.29) is 22.8 Å². The van der Waals surface area contributed by atoms with Crippen LogP contribution in [0, 0.1) is 10.1 Å². The lowest BCUT2D eigenvalue weighted by molar-refractivity contribution is -0.384. The molecule has 0 unspecified atom stereocenters. The maximum atomic E-state index is 12.2. The van der Waals surface area contributed by atoms with Crippen LogP contribution in [0.25, 0.3) is 0 Å². The minimum absolute atomic E-state index is 0.0315. The monoisotopic (exact) mass is 313 g/mol. The van der Waals surface area contributed by atoms with Crippen molar-refractivity contribution < 1.29 is 14.5 Å². The molecule has 0 radical (unpaired) electrons. The molecule has 0 bridgehead atoms. The van der Waals surface area contributed by atoms with Gasteiger partial charge in [0.25, 0.3) is 5.69 Å². The first-order valence-electron chi connectivity index (χ1n) is 6.62. The molecule has 7 nitrogen and oxygen atoms in total. The number of ether oxygens (including phenoxy) is 1. The van der Waals surface area contributed by atoms with Gasteiger partial charge in [0.05, 0.1) is 17.6 Å². The number of hydrogen-bond acceptors (Lipinski definition) is 4. The van der Waals surface area contributed by atoms with E-state index >= 15 is 0 Å². The van der Waals surface area contributed by atoms with Crippen molar-refractivity contribution in [1.29, 1.82) is 0 Å². The van der Waals surface area contributed by atoms with E-state index in [2.05, 4.69) is 5.32 Å². The Morgan fingerprint density at radius 3 is 3.05 bits per heavy atom. The summed E-state index contributed by atoms with van der Waals surface area (Å²) < 4.78 is 5.50. The molecule has 2 rings (SSSR count). The number of nitro groups is 1. The second-order valence-electron chi connectivity index (χ2n) is 4.70. The Morgan fingerprint density at radius 2 is 2.38 bits per heavy atom. The molecule has 0 aliphatic carbocycles. The highest BCUT2D eigenvalue weighted by Gasteiger charge is 2.23. The zero-order chi connectivity index (χ0) is 15.4. The van der Waals surface area contributed by atoms with Crippen LogP contribution in [-0.4, -0.2) is 41.7 Å². The van der Waals surface area contributed by atoms with Crippen molar-refractivity contribution in [2.24, 2.45) is 0 Å². The number of rotatable bonds is 3. The van der Waals surface area contributed by atoms with Gasteiger partial charge in [-0.2, -0.15) is 0 Å². The summed E-state index contributed by atoms with van der Waals surface area (Å²) in [4.78, 5) is 24.0. The van der Waals surface area contributed by atoms with Crippen molar-refractivity contribution in [3.8, 4) is 0 Å². The summed E-state index contributed by atoms with van der Waals surface area (Å²) >= 11 is 5.73. The number of hydrogen-bond donors (Lipinski definition) is 1. The summed E-state index contributed by atoms with van der Waals surface area (Å²) in [7, 11) is 0. The number of morpholine rings is 1. The number of nitrogens with one attached hydrogen (secondary N) is 1. The van der Waals surface area contributed by atoms with Crippen LogP contribution in [-0.2, 0) is 4.74 Å². The van der Waals surface area contributed by atoms with Crippen LogP contribution in [0.2, 0.25) is 5.02 Å². The fourth-order valence-corrected chi connectivity index (χ4v) is 2.27. The van der Waals surface area contributed by atoms with Gasteiger partial charge in [-0.15, -0.1) is 0 Å². The summed E-state index contributed by atoms with van der Waals surface area (Å²) in [6.07, 6.45) is 0.861. The standard InChI is InChI=1S/C13H16ClN3O4/c1-2-10-8-16(5-6-21-10)13(18)15-9-3-4-11(14)12(7-9)17(19)20/h3-4,7,10H,2,5-6,8H2,1H3,(H,15,18)/t10-/m0/s1. The van der Waals surface area contributed by atoms with E-state index in [0.717, 1.165) is 6.42 Å². The second-order valence-corrected chi connectivity index (χ2v) is 5.11. The van der Waals surface area contributed by atoms with Gasteiger partial charge in [0.1, 0.15) is 5.02 Å². The predicted octanol–water partition coefficient (Wildman–Crippen LogP) is 2.89. The molecular weight excluding hydrogens is 298 g/mol. The first-order chi connectivity index (χ1) is 10.0. The summed E-state index contributed by atoms with van der Waals surface area (Å²) in [5.41, 5.74) is 0.110. The fraction of sp³-hybridized carbons (Fsp3) is 0.462. The smallest absolute Gasteiger partial charge is 0.322 e. The van der Waals surface area contributed by atoms with Gasteiger partial charge in [-0.25, -0.2) is 4.79 Å². The third-order valence-corrected chi connectivity index (χ3v) is 3.60. The Morgan fingerprint density at radius 1 is 1.62 bits per heavy atom. The molecule has 1 aromatic rings. The van der Waals surface area contributed by atoms with Crippen LogP contribution < -0.4 is 5.32 Å². The second kappa shape index (κ2) is 6.73. The molecule has 0 spiro atoms. The molecule has 0 saturated carbocycles. The molecule has 1 heterocycles. The largest absolute Gasteiger partial charge is 0.375 e. The molecule has 21 heavy (non-hydrogen) atoms. The first kappa shape index (κ1) is 15.5. The minimum Gasteiger partial charge on any atom is -0.375 e. The third-order valence-electron chi connectivity index (χ3n) is 3.28. The van der Waals surface area contributed by atoms with Gasteiger partial charge >= 0.3 is 6.03 Å². The molecule has 0 aromatic heterocycles. The molecule has 1 aromatic carbocycles. The quantitative estimate of drug-likeness (QED) is 0.687. The van der Waals surface area contributed by atoms with Crippen LogP contribution in [0.4, 0.5) is 16.2 Å². The van der Waals surface area contributed by atoms with Crippen molar-refractivity contribution in [1.82, 2.24) is 4.90 Å². The van der Waals surface area contributed by atoms with Crippen LogP contribution >= 0.6 is 11.6 Å². The van der Waals surface area contributed by atoms with Crippen LogP contribution in [0.5, 0.6) is 0 Å². The number of urea groups is 1. The topological polar surface area (TPSA) is 84.7 Å². The lowest BCUT2D eigenvalue weighted by Gasteiger charge is -2.32. The first-order valence-corrected chi connectivity index (χ1v) is 7.00. The van der Waals surface area contributed by atoms with E-state index in [4.69, 9.17) is 16.3 Å². The highest BCUT2D eigenvalue weighted by Crippen LogP contribution is 2.27. The van der Waals surface area contributed by atoms with E-state index in [1.165, 1.54) is 18.2 Å². The predicted molar refractivity (Wildman–Crippen MR) is 78.7 cm³/mol. The van der Waals surface area contributed by atoms with E-state index in [0.29, 0.717) is 25.4 Å². The molecular formula is C13H16ClN3O4. The van der Waals surface area contributed by atoms with Crippen molar-refractivity contribution in [2.45, 2.75) is 19.4 Å². The maximum absolute atomic E-state index is 12.2. The minimum atomic E-state index is -0.583. The van der Waals surface area contributed by atoms with Crippen molar-refractivity contribution in [3.63, 3.8) is 0 Å². The van der Waals surface area contributed by atoms with Crippen molar-refractivity contribution in [2.75, 3.05) is 25.0 Å². The van der Waals surface area contributed by atoms with Gasteiger partial charge in [-0.05, 0) is 18.6 Å². The summed E-state index contributed by atoms with van der Waals surface area (Å²) in [5, 5.41) is 13.5. The summed E-state index contributed by atoms with van der Waals surface area (Å²) in [6, 6.07) is 3.88. The summed E-state index contributed by atoms with van der Waals surface area (Å²) in [5.74, 6) is 0. The van der Waals surface area contributed by atoms with E-state index in [9.17, 15) is 14.9 Å². The van der Waals surface area contributed by atoms with Gasteiger partial charge < -0.3 is 15.0 Å². The lowest BCUT2D eigenvalue weighted by atomic mass is 10.2. The Bertz CT molecular complexity index is 552. The van der Waals surface area contributed by atoms with E-state index in [1.54, 1.807) is 4.90 Å². The molecule has 1 fully saturated rings. The number of amides is 2. The molecule has 8 heteroatoms. The van der Waals surface area contributed by atoms with Crippen molar-refractivity contribution in [3.05, 3.63) is 33.3 Å².